The molecule has 0 radical (unpaired) electrons. The molecule has 2 aliphatic carbocycles. The van der Waals surface area contributed by atoms with Crippen molar-refractivity contribution in [3.63, 3.8) is 0 Å². The summed E-state index contributed by atoms with van der Waals surface area (Å²) in [6, 6.07) is 24.5. The molecule has 2 aliphatic heterocycles. The molecule has 4 aromatic carbocycles. The number of hydrogen-bond donors (Lipinski definition) is 1. The van der Waals surface area contributed by atoms with Gasteiger partial charge >= 0.3 is 0 Å². The smallest absolute Gasteiger partial charge is 0.241 e. The van der Waals surface area contributed by atoms with E-state index in [2.05, 4.69) is 0 Å². The predicted octanol–water partition coefficient (Wildman–Crippen LogP) is 7.03. The molecule has 1 saturated carbocycles. The number of aromatic hydroxyl groups is 1. The van der Waals surface area contributed by atoms with Crippen LogP contribution in [-0.4, -0.2) is 57.2 Å². The third-order valence-corrected chi connectivity index (χ3v) is 12.1. The highest BCUT2D eigenvalue weighted by molar-refractivity contribution is 6.25. The molecule has 4 amide bonds. The molecule has 11 nitrogen and oxygen atoms in total. The SMILES string of the molecule is COc1ccc(OC)c(C=Cc2ccc(N3C(=O)[C@H]4[C@H](CC=C5[C@H]4C[C@H]4C(=O)N(c6ccccc6)C(=O)[C@@]4(C)[C@H]5c4c(OC)cc(O)cc4OC)C3=O)cc2)c1. The van der Waals surface area contributed by atoms with E-state index in [4.69, 9.17) is 18.9 Å². The number of phenolic OH excluding ortho intramolecular Hbond substituents is 1. The topological polar surface area (TPSA) is 132 Å². The maximum atomic E-state index is 14.8. The summed E-state index contributed by atoms with van der Waals surface area (Å²) in [7, 11) is 6.14. The molecule has 2 saturated heterocycles. The van der Waals surface area contributed by atoms with E-state index in [1.807, 2.05) is 54.6 Å². The van der Waals surface area contributed by atoms with Crippen LogP contribution in [0.3, 0.4) is 0 Å². The van der Waals surface area contributed by atoms with Gasteiger partial charge in [-0.15, -0.1) is 0 Å². The molecular weight excluding hydrogens is 713 g/mol. The zero-order valence-electron chi connectivity index (χ0n) is 31.7. The molecular formula is C45H42N2O9. The Morgan fingerprint density at radius 1 is 0.696 bits per heavy atom. The van der Waals surface area contributed by atoms with Crippen molar-refractivity contribution in [2.75, 3.05) is 38.2 Å². The lowest BCUT2D eigenvalue weighted by Crippen LogP contribution is -2.49. The molecule has 0 bridgehead atoms. The van der Waals surface area contributed by atoms with Gasteiger partial charge in [-0.3, -0.25) is 24.1 Å². The molecule has 4 aliphatic rings. The van der Waals surface area contributed by atoms with E-state index in [9.17, 15) is 24.3 Å². The largest absolute Gasteiger partial charge is 0.508 e. The summed E-state index contributed by atoms with van der Waals surface area (Å²) in [6.07, 6.45) is 6.26. The summed E-state index contributed by atoms with van der Waals surface area (Å²) in [5, 5.41) is 10.6. The van der Waals surface area contributed by atoms with Crippen LogP contribution in [0.15, 0.2) is 96.6 Å². The summed E-state index contributed by atoms with van der Waals surface area (Å²) >= 11 is 0. The maximum absolute atomic E-state index is 14.8. The van der Waals surface area contributed by atoms with Crippen molar-refractivity contribution in [2.45, 2.75) is 25.7 Å². The summed E-state index contributed by atoms with van der Waals surface area (Å²) in [4.78, 5) is 60.7. The molecule has 2 heterocycles. The molecule has 56 heavy (non-hydrogen) atoms. The number of anilines is 2. The van der Waals surface area contributed by atoms with Crippen LogP contribution in [0.4, 0.5) is 11.4 Å². The van der Waals surface area contributed by atoms with E-state index in [1.165, 1.54) is 36.2 Å². The number of allylic oxidation sites excluding steroid dienone is 2. The maximum Gasteiger partial charge on any atom is 0.241 e. The number of carbonyl (C=O) groups is 4. The Kier molecular flexibility index (Phi) is 9.18. The average molecular weight is 755 g/mol. The van der Waals surface area contributed by atoms with E-state index < -0.39 is 35.0 Å². The molecule has 0 aromatic heterocycles. The molecule has 0 unspecified atom stereocenters. The summed E-state index contributed by atoms with van der Waals surface area (Å²) in [6.45, 7) is 1.80. The number of hydrogen-bond acceptors (Lipinski definition) is 9. The van der Waals surface area contributed by atoms with Crippen LogP contribution in [0.1, 0.15) is 42.4 Å². The quantitative estimate of drug-likeness (QED) is 0.109. The molecule has 11 heteroatoms. The van der Waals surface area contributed by atoms with E-state index in [-0.39, 0.29) is 53.7 Å². The van der Waals surface area contributed by atoms with E-state index in [1.54, 1.807) is 57.5 Å². The predicted molar refractivity (Wildman–Crippen MR) is 210 cm³/mol. The van der Waals surface area contributed by atoms with Crippen LogP contribution in [-0.2, 0) is 19.2 Å². The van der Waals surface area contributed by atoms with Gasteiger partial charge in [0.25, 0.3) is 0 Å². The Morgan fingerprint density at radius 2 is 1.36 bits per heavy atom. The van der Waals surface area contributed by atoms with Crippen molar-refractivity contribution in [3.05, 3.63) is 113 Å². The number of rotatable bonds is 9. The molecule has 286 valence electrons. The van der Waals surface area contributed by atoms with Gasteiger partial charge in [-0.25, -0.2) is 4.90 Å². The first-order valence-electron chi connectivity index (χ1n) is 18.5. The molecule has 6 atom stereocenters. The van der Waals surface area contributed by atoms with E-state index in [0.29, 0.717) is 28.4 Å². The Bertz CT molecular complexity index is 2290. The highest BCUT2D eigenvalue weighted by atomic mass is 16.5. The number of phenols is 1. The van der Waals surface area contributed by atoms with Gasteiger partial charge < -0.3 is 24.1 Å². The van der Waals surface area contributed by atoms with Gasteiger partial charge in [-0.05, 0) is 73.7 Å². The van der Waals surface area contributed by atoms with Crippen LogP contribution < -0.4 is 28.7 Å². The van der Waals surface area contributed by atoms with Gasteiger partial charge in [0, 0.05) is 29.2 Å². The van der Waals surface area contributed by atoms with Gasteiger partial charge in [0.2, 0.25) is 23.6 Å². The fourth-order valence-corrected chi connectivity index (χ4v) is 9.50. The first-order valence-corrected chi connectivity index (χ1v) is 18.5. The third kappa shape index (κ3) is 5.55. The minimum atomic E-state index is -1.32. The number of carbonyl (C=O) groups excluding carboxylic acids is 4. The second-order valence-corrected chi connectivity index (χ2v) is 14.8. The Balaban J connectivity index is 1.17. The second-order valence-electron chi connectivity index (χ2n) is 14.8. The number of amides is 4. The van der Waals surface area contributed by atoms with Gasteiger partial charge in [0.15, 0.2) is 0 Å². The van der Waals surface area contributed by atoms with Crippen molar-refractivity contribution in [3.8, 4) is 28.7 Å². The van der Waals surface area contributed by atoms with E-state index in [0.717, 1.165) is 16.7 Å². The molecule has 4 aromatic rings. The summed E-state index contributed by atoms with van der Waals surface area (Å²) in [5.74, 6) is -3.13. The molecule has 3 fully saturated rings. The van der Waals surface area contributed by atoms with Gasteiger partial charge in [-0.2, -0.15) is 0 Å². The van der Waals surface area contributed by atoms with Crippen LogP contribution in [0.2, 0.25) is 0 Å². The summed E-state index contributed by atoms with van der Waals surface area (Å²) < 4.78 is 22.5. The van der Waals surface area contributed by atoms with Crippen molar-refractivity contribution in [2.24, 2.45) is 29.1 Å². The number of fused-ring (bicyclic) bond motifs is 4. The van der Waals surface area contributed by atoms with Gasteiger partial charge in [0.05, 0.1) is 63.0 Å². The minimum Gasteiger partial charge on any atom is -0.508 e. The molecule has 0 spiro atoms. The number of benzene rings is 4. The highest BCUT2D eigenvalue weighted by Gasteiger charge is 2.68. The lowest BCUT2D eigenvalue weighted by molar-refractivity contribution is -0.131. The number of methoxy groups -OCH3 is 4. The molecule has 8 rings (SSSR count). The van der Waals surface area contributed by atoms with Crippen molar-refractivity contribution < 1.29 is 43.2 Å². The van der Waals surface area contributed by atoms with Gasteiger partial charge in [-0.1, -0.05) is 54.1 Å². The summed E-state index contributed by atoms with van der Waals surface area (Å²) in [5.41, 5.74) is 2.53. The lowest BCUT2D eigenvalue weighted by Gasteiger charge is -2.49. The van der Waals surface area contributed by atoms with Crippen molar-refractivity contribution >= 4 is 47.2 Å². The lowest BCUT2D eigenvalue weighted by atomic mass is 9.51. The second kappa shape index (κ2) is 14.1. The van der Waals surface area contributed by atoms with Crippen molar-refractivity contribution in [1.29, 1.82) is 0 Å². The first kappa shape index (κ1) is 36.6. The zero-order valence-corrected chi connectivity index (χ0v) is 31.7. The van der Waals surface area contributed by atoms with Crippen LogP contribution >= 0.6 is 0 Å². The third-order valence-electron chi connectivity index (χ3n) is 12.1. The average Bonchev–Trinajstić information content (AvgIpc) is 3.59. The van der Waals surface area contributed by atoms with Crippen LogP contribution in [0, 0.1) is 29.1 Å². The monoisotopic (exact) mass is 754 g/mol. The fraction of sp³-hybridized carbons (Fsp3) is 0.289. The number of imide groups is 2. The Hall–Kier alpha value is -6.36. The molecule has 1 N–H and O–H groups in total. The number of nitrogens with zero attached hydrogens (tertiary/aromatic N) is 2. The Morgan fingerprint density at radius 3 is 2.00 bits per heavy atom. The van der Waals surface area contributed by atoms with Crippen LogP contribution in [0.5, 0.6) is 28.7 Å². The fourth-order valence-electron chi connectivity index (χ4n) is 9.50. The zero-order chi connectivity index (χ0) is 39.5. The number of para-hydroxylation sites is 1. The van der Waals surface area contributed by atoms with Crippen LogP contribution in [0.25, 0.3) is 12.2 Å². The minimum absolute atomic E-state index is 0.0947. The van der Waals surface area contributed by atoms with Crippen molar-refractivity contribution in [1.82, 2.24) is 0 Å². The van der Waals surface area contributed by atoms with Gasteiger partial charge in [0.1, 0.15) is 28.7 Å². The highest BCUT2D eigenvalue weighted by Crippen LogP contribution is 2.65. The normalized spacial score (nSPS) is 25.5. The standard InChI is InChI=1S/C45H42N2O9/c1-45-34(42(50)47(44(45)52)27-9-7-6-8-10-27)24-33-31(40(45)39-36(55-4)22-29(48)23-37(39)56-5)18-19-32-38(33)43(51)46(41(32)49)28-15-12-25(13-16-28)11-14-26-21-30(53-2)17-20-35(26)54-3/h6-18,20-23,32-34,38,40,48H,19,24H2,1-5H3/t32-,33+,34-,38-,40+,45+/m0/s1. The van der Waals surface area contributed by atoms with E-state index >= 15 is 0 Å². The number of ether oxygens (including phenoxy) is 4. The Labute approximate surface area is 324 Å². The first-order chi connectivity index (χ1) is 27.0.